The molecule has 4 nitrogen and oxygen atoms in total. The number of urea groups is 1. The van der Waals surface area contributed by atoms with Crippen LogP contribution in [0.5, 0.6) is 0 Å². The lowest BCUT2D eigenvalue weighted by Crippen LogP contribution is -2.50. The molecular formula is C16H25N3O. The van der Waals surface area contributed by atoms with Crippen LogP contribution in [0.25, 0.3) is 0 Å². The van der Waals surface area contributed by atoms with Gasteiger partial charge in [0.25, 0.3) is 0 Å². The third kappa shape index (κ3) is 4.53. The molecule has 0 aromatic heterocycles. The van der Waals surface area contributed by atoms with Crippen molar-refractivity contribution in [3.8, 4) is 0 Å². The van der Waals surface area contributed by atoms with Crippen LogP contribution in [0.2, 0.25) is 0 Å². The smallest absolute Gasteiger partial charge is 0.315 e. The standard InChI is InChI=1S/C16H25N3O/c1-2-14-9-6-10-17-15(14)12-19-16(20)18-11-13-7-4-3-5-8-13/h3-5,7-8,14-15,17H,2,6,9-12H2,1H3,(H2,18,19,20). The van der Waals surface area contributed by atoms with Crippen molar-refractivity contribution in [2.45, 2.75) is 38.8 Å². The van der Waals surface area contributed by atoms with Gasteiger partial charge in [-0.1, -0.05) is 43.7 Å². The Labute approximate surface area is 121 Å². The Kier molecular flexibility index (Phi) is 5.87. The van der Waals surface area contributed by atoms with Crippen molar-refractivity contribution in [1.29, 1.82) is 0 Å². The highest BCUT2D eigenvalue weighted by Gasteiger charge is 2.23. The quantitative estimate of drug-likeness (QED) is 0.772. The maximum absolute atomic E-state index is 11.8. The third-order valence-electron chi connectivity index (χ3n) is 4.03. The first-order valence-corrected chi connectivity index (χ1v) is 7.58. The lowest BCUT2D eigenvalue weighted by molar-refractivity contribution is 0.230. The van der Waals surface area contributed by atoms with Gasteiger partial charge in [-0.3, -0.25) is 0 Å². The molecule has 0 spiro atoms. The first-order valence-electron chi connectivity index (χ1n) is 7.58. The number of amides is 2. The van der Waals surface area contributed by atoms with Crippen molar-refractivity contribution in [2.24, 2.45) is 5.92 Å². The molecule has 0 radical (unpaired) electrons. The number of carbonyl (C=O) groups excluding carboxylic acids is 1. The van der Waals surface area contributed by atoms with Crippen LogP contribution in [0.1, 0.15) is 31.7 Å². The number of hydrogen-bond acceptors (Lipinski definition) is 2. The van der Waals surface area contributed by atoms with E-state index in [-0.39, 0.29) is 6.03 Å². The first-order chi connectivity index (χ1) is 9.79. The van der Waals surface area contributed by atoms with Gasteiger partial charge in [0.05, 0.1) is 0 Å². The summed E-state index contributed by atoms with van der Waals surface area (Å²) < 4.78 is 0. The predicted molar refractivity (Wildman–Crippen MR) is 81.5 cm³/mol. The molecular weight excluding hydrogens is 250 g/mol. The van der Waals surface area contributed by atoms with Gasteiger partial charge in [0, 0.05) is 19.1 Å². The summed E-state index contributed by atoms with van der Waals surface area (Å²) in [4.78, 5) is 11.8. The Morgan fingerprint density at radius 2 is 2.10 bits per heavy atom. The van der Waals surface area contributed by atoms with E-state index >= 15 is 0 Å². The molecule has 1 aliphatic rings. The molecule has 2 rings (SSSR count). The molecule has 1 aromatic rings. The Balaban J connectivity index is 1.69. The summed E-state index contributed by atoms with van der Waals surface area (Å²) >= 11 is 0. The summed E-state index contributed by atoms with van der Waals surface area (Å²) in [5.74, 6) is 0.679. The van der Waals surface area contributed by atoms with E-state index in [9.17, 15) is 4.79 Å². The van der Waals surface area contributed by atoms with Gasteiger partial charge in [0.1, 0.15) is 0 Å². The summed E-state index contributed by atoms with van der Waals surface area (Å²) in [5, 5.41) is 9.37. The second kappa shape index (κ2) is 7.90. The third-order valence-corrected chi connectivity index (χ3v) is 4.03. The van der Waals surface area contributed by atoms with Gasteiger partial charge in [0.15, 0.2) is 0 Å². The van der Waals surface area contributed by atoms with Crippen molar-refractivity contribution < 1.29 is 4.79 Å². The summed E-state index contributed by atoms with van der Waals surface area (Å²) in [6.45, 7) is 4.57. The van der Waals surface area contributed by atoms with Crippen molar-refractivity contribution in [3.63, 3.8) is 0 Å². The highest BCUT2D eigenvalue weighted by atomic mass is 16.2. The van der Waals surface area contributed by atoms with E-state index in [1.807, 2.05) is 30.3 Å². The average molecular weight is 275 g/mol. The number of rotatable bonds is 5. The number of piperidine rings is 1. The molecule has 3 N–H and O–H groups in total. The monoisotopic (exact) mass is 275 g/mol. The zero-order valence-corrected chi connectivity index (χ0v) is 12.2. The molecule has 1 aromatic carbocycles. The maximum Gasteiger partial charge on any atom is 0.315 e. The Bertz CT molecular complexity index is 407. The number of benzene rings is 1. The zero-order chi connectivity index (χ0) is 14.2. The fraction of sp³-hybridized carbons (Fsp3) is 0.562. The van der Waals surface area contributed by atoms with Crippen LogP contribution in [-0.4, -0.2) is 25.2 Å². The van der Waals surface area contributed by atoms with Gasteiger partial charge in [-0.05, 0) is 30.9 Å². The van der Waals surface area contributed by atoms with E-state index < -0.39 is 0 Å². The molecule has 0 bridgehead atoms. The molecule has 2 atom stereocenters. The Hall–Kier alpha value is -1.55. The summed E-state index contributed by atoms with van der Waals surface area (Å²) in [5.41, 5.74) is 1.12. The Morgan fingerprint density at radius 3 is 2.85 bits per heavy atom. The number of nitrogens with one attached hydrogen (secondary N) is 3. The van der Waals surface area contributed by atoms with Crippen LogP contribution in [0.4, 0.5) is 4.79 Å². The first kappa shape index (κ1) is 14.9. The molecule has 2 amide bonds. The molecule has 0 saturated carbocycles. The topological polar surface area (TPSA) is 53.2 Å². The van der Waals surface area contributed by atoms with Crippen LogP contribution < -0.4 is 16.0 Å². The van der Waals surface area contributed by atoms with Crippen LogP contribution in [0.15, 0.2) is 30.3 Å². The van der Waals surface area contributed by atoms with E-state index in [1.165, 1.54) is 19.3 Å². The van der Waals surface area contributed by atoms with Gasteiger partial charge < -0.3 is 16.0 Å². The summed E-state index contributed by atoms with van der Waals surface area (Å²) in [7, 11) is 0. The van der Waals surface area contributed by atoms with Crippen LogP contribution in [-0.2, 0) is 6.54 Å². The van der Waals surface area contributed by atoms with E-state index in [0.29, 0.717) is 25.0 Å². The molecule has 1 aliphatic heterocycles. The van der Waals surface area contributed by atoms with Crippen molar-refractivity contribution in [2.75, 3.05) is 13.1 Å². The van der Waals surface area contributed by atoms with Crippen molar-refractivity contribution in [3.05, 3.63) is 35.9 Å². The highest BCUT2D eigenvalue weighted by molar-refractivity contribution is 5.73. The van der Waals surface area contributed by atoms with Crippen LogP contribution in [0, 0.1) is 5.92 Å². The molecule has 1 heterocycles. The second-order valence-corrected chi connectivity index (χ2v) is 5.42. The highest BCUT2D eigenvalue weighted by Crippen LogP contribution is 2.19. The predicted octanol–water partition coefficient (Wildman–Crippen LogP) is 2.26. The molecule has 110 valence electrons. The van der Waals surface area contributed by atoms with E-state index in [4.69, 9.17) is 0 Å². The van der Waals surface area contributed by atoms with Crippen LogP contribution >= 0.6 is 0 Å². The van der Waals surface area contributed by atoms with Crippen molar-refractivity contribution in [1.82, 2.24) is 16.0 Å². The van der Waals surface area contributed by atoms with Crippen LogP contribution in [0.3, 0.4) is 0 Å². The maximum atomic E-state index is 11.8. The van der Waals surface area contributed by atoms with Gasteiger partial charge in [0.2, 0.25) is 0 Å². The average Bonchev–Trinajstić information content (AvgIpc) is 2.52. The second-order valence-electron chi connectivity index (χ2n) is 5.42. The van der Waals surface area contributed by atoms with E-state index in [1.54, 1.807) is 0 Å². The van der Waals surface area contributed by atoms with E-state index in [0.717, 1.165) is 12.1 Å². The van der Waals surface area contributed by atoms with E-state index in [2.05, 4.69) is 22.9 Å². The minimum absolute atomic E-state index is 0.0870. The fourth-order valence-electron chi connectivity index (χ4n) is 2.79. The zero-order valence-electron chi connectivity index (χ0n) is 12.2. The van der Waals surface area contributed by atoms with Gasteiger partial charge in [-0.2, -0.15) is 0 Å². The normalized spacial score (nSPS) is 22.2. The van der Waals surface area contributed by atoms with Gasteiger partial charge in [-0.25, -0.2) is 4.79 Å². The number of hydrogen-bond donors (Lipinski definition) is 3. The van der Waals surface area contributed by atoms with Gasteiger partial charge in [-0.15, -0.1) is 0 Å². The summed E-state index contributed by atoms with van der Waals surface area (Å²) in [6.07, 6.45) is 3.68. The lowest BCUT2D eigenvalue weighted by atomic mass is 9.89. The molecule has 0 aliphatic carbocycles. The minimum atomic E-state index is -0.0870. The SMILES string of the molecule is CCC1CCCNC1CNC(=O)NCc1ccccc1. The molecule has 1 saturated heterocycles. The molecule has 2 unspecified atom stereocenters. The van der Waals surface area contributed by atoms with Crippen molar-refractivity contribution >= 4 is 6.03 Å². The molecule has 1 fully saturated rings. The fourth-order valence-corrected chi connectivity index (χ4v) is 2.79. The Morgan fingerprint density at radius 1 is 1.30 bits per heavy atom. The lowest BCUT2D eigenvalue weighted by Gasteiger charge is -2.32. The largest absolute Gasteiger partial charge is 0.337 e. The molecule has 20 heavy (non-hydrogen) atoms. The molecule has 4 heteroatoms. The number of carbonyl (C=O) groups is 1. The summed E-state index contributed by atoms with van der Waals surface area (Å²) in [6, 6.07) is 10.3. The van der Waals surface area contributed by atoms with Gasteiger partial charge >= 0.3 is 6.03 Å². The minimum Gasteiger partial charge on any atom is -0.337 e.